The number of aldehydes is 1. The fourth-order valence-corrected chi connectivity index (χ4v) is 1.19. The molecule has 2 nitrogen and oxygen atoms in total. The lowest BCUT2D eigenvalue weighted by Gasteiger charge is -2.15. The summed E-state index contributed by atoms with van der Waals surface area (Å²) in [6, 6.07) is 7.11. The van der Waals surface area contributed by atoms with Crippen LogP contribution in [0.25, 0.3) is 0 Å². The Morgan fingerprint density at radius 3 is 2.36 bits per heavy atom. The van der Waals surface area contributed by atoms with Crippen LogP contribution >= 0.6 is 0 Å². The van der Waals surface area contributed by atoms with Crippen LogP contribution in [0, 0.1) is 5.41 Å². The Morgan fingerprint density at radius 2 is 1.86 bits per heavy atom. The van der Waals surface area contributed by atoms with Crippen molar-refractivity contribution in [3.8, 4) is 5.75 Å². The van der Waals surface area contributed by atoms with Gasteiger partial charge in [0.2, 0.25) is 0 Å². The van der Waals surface area contributed by atoms with Gasteiger partial charge in [-0.2, -0.15) is 0 Å². The summed E-state index contributed by atoms with van der Waals surface area (Å²) in [5.74, 6) is 0.281. The van der Waals surface area contributed by atoms with Gasteiger partial charge in [0.15, 0.2) is 0 Å². The second kappa shape index (κ2) is 4.27. The lowest BCUT2D eigenvalue weighted by Crippen LogP contribution is -2.13. The van der Waals surface area contributed by atoms with Crippen LogP contribution in [0.15, 0.2) is 24.3 Å². The number of phenols is 1. The fourth-order valence-electron chi connectivity index (χ4n) is 1.19. The highest BCUT2D eigenvalue weighted by Gasteiger charge is 2.15. The van der Waals surface area contributed by atoms with Gasteiger partial charge in [0.05, 0.1) is 0 Å². The van der Waals surface area contributed by atoms with Crippen molar-refractivity contribution in [2.24, 2.45) is 5.41 Å². The van der Waals surface area contributed by atoms with Crippen molar-refractivity contribution in [3.05, 3.63) is 29.8 Å². The predicted molar refractivity (Wildman–Crippen MR) is 56.3 cm³/mol. The van der Waals surface area contributed by atoms with Crippen molar-refractivity contribution in [1.29, 1.82) is 0 Å². The van der Waals surface area contributed by atoms with Crippen molar-refractivity contribution in [1.82, 2.24) is 0 Å². The van der Waals surface area contributed by atoms with E-state index in [1.807, 2.05) is 26.0 Å². The zero-order valence-corrected chi connectivity index (χ0v) is 8.66. The van der Waals surface area contributed by atoms with E-state index in [1.165, 1.54) is 0 Å². The average Bonchev–Trinajstić information content (AvgIpc) is 2.17. The molecule has 0 bridgehead atoms. The molecule has 0 atom stereocenters. The van der Waals surface area contributed by atoms with Gasteiger partial charge in [0.1, 0.15) is 12.0 Å². The molecule has 14 heavy (non-hydrogen) atoms. The molecular formula is C12H16O2. The minimum absolute atomic E-state index is 0.252. The highest BCUT2D eigenvalue weighted by atomic mass is 16.3. The Balaban J connectivity index is 2.54. The molecule has 0 aliphatic rings. The summed E-state index contributed by atoms with van der Waals surface area (Å²) < 4.78 is 0. The monoisotopic (exact) mass is 192 g/mol. The average molecular weight is 192 g/mol. The number of phenolic OH excluding ortho intramolecular Hbond substituents is 1. The number of rotatable bonds is 4. The third-order valence-corrected chi connectivity index (χ3v) is 2.31. The van der Waals surface area contributed by atoms with Crippen LogP contribution in [0.4, 0.5) is 0 Å². The summed E-state index contributed by atoms with van der Waals surface area (Å²) in [4.78, 5) is 10.7. The first kappa shape index (κ1) is 10.8. The Bertz CT molecular complexity index is 299. The Hall–Kier alpha value is -1.31. The van der Waals surface area contributed by atoms with E-state index in [0.29, 0.717) is 0 Å². The molecule has 0 amide bonds. The third-order valence-electron chi connectivity index (χ3n) is 2.31. The minimum atomic E-state index is -0.252. The first-order chi connectivity index (χ1) is 6.53. The molecule has 0 aliphatic carbocycles. The smallest absolute Gasteiger partial charge is 0.125 e. The molecule has 0 saturated carbocycles. The van der Waals surface area contributed by atoms with Gasteiger partial charge in [-0.1, -0.05) is 26.0 Å². The van der Waals surface area contributed by atoms with Crippen molar-refractivity contribution in [3.63, 3.8) is 0 Å². The van der Waals surface area contributed by atoms with Crippen LogP contribution in [-0.4, -0.2) is 11.4 Å². The van der Waals surface area contributed by atoms with E-state index in [-0.39, 0.29) is 11.2 Å². The van der Waals surface area contributed by atoms with Crippen LogP contribution < -0.4 is 0 Å². The standard InChI is InChI=1S/C12H16O2/c1-12(2,9-13)8-7-10-3-5-11(14)6-4-10/h3-6,9,14H,7-8H2,1-2H3. The quantitative estimate of drug-likeness (QED) is 0.744. The van der Waals surface area contributed by atoms with Gasteiger partial charge in [-0.3, -0.25) is 0 Å². The second-order valence-electron chi connectivity index (χ2n) is 4.27. The largest absolute Gasteiger partial charge is 0.508 e. The van der Waals surface area contributed by atoms with E-state index in [9.17, 15) is 4.79 Å². The SMILES string of the molecule is CC(C)(C=O)CCc1ccc(O)cc1. The summed E-state index contributed by atoms with van der Waals surface area (Å²) >= 11 is 0. The maximum Gasteiger partial charge on any atom is 0.125 e. The van der Waals surface area contributed by atoms with E-state index in [4.69, 9.17) is 5.11 Å². The summed E-state index contributed by atoms with van der Waals surface area (Å²) in [6.07, 6.45) is 2.70. The van der Waals surface area contributed by atoms with E-state index < -0.39 is 0 Å². The Kier molecular flexibility index (Phi) is 3.28. The zero-order chi connectivity index (χ0) is 10.6. The number of carbonyl (C=O) groups excluding carboxylic acids is 1. The summed E-state index contributed by atoms with van der Waals surface area (Å²) in [5.41, 5.74) is 0.899. The molecule has 0 aromatic heterocycles. The molecule has 0 aliphatic heterocycles. The predicted octanol–water partition coefficient (Wildman–Crippen LogP) is 2.55. The molecule has 1 N–H and O–H groups in total. The van der Waals surface area contributed by atoms with Crippen molar-refractivity contribution >= 4 is 6.29 Å². The van der Waals surface area contributed by atoms with Gasteiger partial charge in [-0.15, -0.1) is 0 Å². The maximum absolute atomic E-state index is 10.7. The van der Waals surface area contributed by atoms with Crippen molar-refractivity contribution < 1.29 is 9.90 Å². The van der Waals surface area contributed by atoms with Crippen LogP contribution in [-0.2, 0) is 11.2 Å². The zero-order valence-electron chi connectivity index (χ0n) is 8.66. The van der Waals surface area contributed by atoms with Crippen molar-refractivity contribution in [2.45, 2.75) is 26.7 Å². The van der Waals surface area contributed by atoms with Gasteiger partial charge >= 0.3 is 0 Å². The molecule has 76 valence electrons. The molecule has 0 heterocycles. The topological polar surface area (TPSA) is 37.3 Å². The van der Waals surface area contributed by atoms with Gasteiger partial charge in [0.25, 0.3) is 0 Å². The minimum Gasteiger partial charge on any atom is -0.508 e. The third kappa shape index (κ3) is 3.21. The van der Waals surface area contributed by atoms with Crippen LogP contribution in [0.3, 0.4) is 0 Å². The number of hydrogen-bond acceptors (Lipinski definition) is 2. The van der Waals surface area contributed by atoms with E-state index >= 15 is 0 Å². The van der Waals surface area contributed by atoms with Gasteiger partial charge in [-0.25, -0.2) is 0 Å². The Morgan fingerprint density at radius 1 is 1.29 bits per heavy atom. The number of aromatic hydroxyl groups is 1. The molecule has 1 aromatic rings. The van der Waals surface area contributed by atoms with Gasteiger partial charge in [0, 0.05) is 5.41 Å². The molecule has 1 rings (SSSR count). The van der Waals surface area contributed by atoms with Crippen LogP contribution in [0.2, 0.25) is 0 Å². The summed E-state index contributed by atoms with van der Waals surface area (Å²) in [6.45, 7) is 3.86. The van der Waals surface area contributed by atoms with E-state index in [0.717, 1.165) is 24.7 Å². The van der Waals surface area contributed by atoms with Crippen LogP contribution in [0.5, 0.6) is 5.75 Å². The maximum atomic E-state index is 10.7. The number of hydrogen-bond donors (Lipinski definition) is 1. The first-order valence-electron chi connectivity index (χ1n) is 4.78. The Labute approximate surface area is 84.6 Å². The molecule has 2 heteroatoms. The molecule has 0 saturated heterocycles. The fraction of sp³-hybridized carbons (Fsp3) is 0.417. The van der Waals surface area contributed by atoms with E-state index in [1.54, 1.807) is 12.1 Å². The normalized spacial score (nSPS) is 11.3. The number of carbonyl (C=O) groups is 1. The summed E-state index contributed by atoms with van der Waals surface area (Å²) in [5, 5.41) is 9.07. The highest BCUT2D eigenvalue weighted by Crippen LogP contribution is 2.20. The van der Waals surface area contributed by atoms with E-state index in [2.05, 4.69) is 0 Å². The molecule has 0 spiro atoms. The summed E-state index contributed by atoms with van der Waals surface area (Å²) in [7, 11) is 0. The highest BCUT2D eigenvalue weighted by molar-refractivity contribution is 5.57. The van der Waals surface area contributed by atoms with Crippen LogP contribution in [0.1, 0.15) is 25.8 Å². The molecule has 0 fully saturated rings. The van der Waals surface area contributed by atoms with Crippen molar-refractivity contribution in [2.75, 3.05) is 0 Å². The molecule has 0 unspecified atom stereocenters. The number of aryl methyl sites for hydroxylation is 1. The first-order valence-corrected chi connectivity index (χ1v) is 4.78. The second-order valence-corrected chi connectivity index (χ2v) is 4.27. The lowest BCUT2D eigenvalue weighted by atomic mass is 9.88. The van der Waals surface area contributed by atoms with Gasteiger partial charge < -0.3 is 9.90 Å². The number of benzene rings is 1. The molecule has 1 aromatic carbocycles. The molecule has 0 radical (unpaired) electrons. The lowest BCUT2D eigenvalue weighted by molar-refractivity contribution is -0.114. The molecular weight excluding hydrogens is 176 g/mol. The van der Waals surface area contributed by atoms with Gasteiger partial charge in [-0.05, 0) is 30.5 Å².